The summed E-state index contributed by atoms with van der Waals surface area (Å²) in [4.78, 5) is 18.7. The molecule has 4 aromatic rings. The number of hydrogen-bond donors (Lipinski definition) is 0. The highest BCUT2D eigenvalue weighted by molar-refractivity contribution is 6.30. The number of anilines is 1. The van der Waals surface area contributed by atoms with Crippen LogP contribution in [-0.4, -0.2) is 37.6 Å². The molecule has 8 nitrogen and oxygen atoms in total. The molecule has 0 N–H and O–H groups in total. The molecule has 0 unspecified atom stereocenters. The van der Waals surface area contributed by atoms with Crippen molar-refractivity contribution in [2.45, 2.75) is 12.3 Å². The zero-order valence-electron chi connectivity index (χ0n) is 14.9. The van der Waals surface area contributed by atoms with Gasteiger partial charge >= 0.3 is 0 Å². The molecule has 3 heterocycles. The van der Waals surface area contributed by atoms with Crippen LogP contribution in [0.25, 0.3) is 22.4 Å². The minimum atomic E-state index is -0.159. The van der Waals surface area contributed by atoms with Crippen molar-refractivity contribution in [1.82, 2.24) is 25.1 Å². The van der Waals surface area contributed by atoms with Crippen molar-refractivity contribution in [3.63, 3.8) is 0 Å². The standard InChI is InChI=1S/C19H15ClN6O2/c1-25-16-6-5-11(7-15(16)22-24-25)18-21-19(28-23-18)12-8-17(27)26(10-12)14-4-2-3-13(20)9-14/h2-7,9,12H,8,10H2,1H3/t12-/m0/s1. The van der Waals surface area contributed by atoms with Gasteiger partial charge in [-0.05, 0) is 36.4 Å². The van der Waals surface area contributed by atoms with Crippen molar-refractivity contribution in [1.29, 1.82) is 0 Å². The fourth-order valence-electron chi connectivity index (χ4n) is 3.46. The molecule has 2 aromatic carbocycles. The summed E-state index contributed by atoms with van der Waals surface area (Å²) in [7, 11) is 1.84. The lowest BCUT2D eigenvalue weighted by molar-refractivity contribution is -0.117. The van der Waals surface area contributed by atoms with Gasteiger partial charge in [0.05, 0.1) is 11.4 Å². The maximum atomic E-state index is 12.5. The molecule has 0 radical (unpaired) electrons. The van der Waals surface area contributed by atoms with Crippen molar-refractivity contribution < 1.29 is 9.32 Å². The summed E-state index contributed by atoms with van der Waals surface area (Å²) in [6.45, 7) is 0.476. The molecule has 5 rings (SSSR count). The summed E-state index contributed by atoms with van der Waals surface area (Å²) in [6, 6.07) is 12.9. The van der Waals surface area contributed by atoms with Gasteiger partial charge in [-0.15, -0.1) is 5.10 Å². The van der Waals surface area contributed by atoms with Crippen molar-refractivity contribution in [3.05, 3.63) is 53.4 Å². The molecule has 1 atom stereocenters. The minimum absolute atomic E-state index is 0.00740. The lowest BCUT2D eigenvalue weighted by Crippen LogP contribution is -2.24. The molecule has 0 aliphatic carbocycles. The van der Waals surface area contributed by atoms with Gasteiger partial charge in [0, 0.05) is 36.3 Å². The normalized spacial score (nSPS) is 17.0. The first-order chi connectivity index (χ1) is 13.6. The first kappa shape index (κ1) is 16.9. The van der Waals surface area contributed by atoms with Gasteiger partial charge in [-0.25, -0.2) is 4.68 Å². The van der Waals surface area contributed by atoms with Crippen molar-refractivity contribution >= 4 is 34.2 Å². The molecule has 0 spiro atoms. The Bertz CT molecular complexity index is 1200. The average molecular weight is 395 g/mol. The number of benzene rings is 2. The highest BCUT2D eigenvalue weighted by Gasteiger charge is 2.35. The van der Waals surface area contributed by atoms with Crippen molar-refractivity contribution in [3.8, 4) is 11.4 Å². The Balaban J connectivity index is 1.40. The van der Waals surface area contributed by atoms with E-state index < -0.39 is 0 Å². The van der Waals surface area contributed by atoms with Crippen LogP contribution in [0, 0.1) is 0 Å². The van der Waals surface area contributed by atoms with Crippen LogP contribution in [0.4, 0.5) is 5.69 Å². The second-order valence-corrected chi connectivity index (χ2v) is 7.19. The van der Waals surface area contributed by atoms with Crippen LogP contribution in [0.1, 0.15) is 18.2 Å². The van der Waals surface area contributed by atoms with E-state index >= 15 is 0 Å². The van der Waals surface area contributed by atoms with Gasteiger partial charge in [-0.2, -0.15) is 4.98 Å². The first-order valence-electron chi connectivity index (χ1n) is 8.78. The molecule has 1 saturated heterocycles. The number of rotatable bonds is 3. The molecule has 0 bridgehead atoms. The van der Waals surface area contributed by atoms with Crippen LogP contribution in [0.15, 0.2) is 47.0 Å². The Labute approximate surface area is 164 Å². The van der Waals surface area contributed by atoms with Gasteiger partial charge in [-0.3, -0.25) is 4.79 Å². The number of carbonyl (C=O) groups excluding carboxylic acids is 1. The van der Waals surface area contributed by atoms with Crippen LogP contribution >= 0.6 is 11.6 Å². The van der Waals surface area contributed by atoms with Crippen molar-refractivity contribution in [2.75, 3.05) is 11.4 Å². The number of amides is 1. The quantitative estimate of drug-likeness (QED) is 0.530. The molecular formula is C19H15ClN6O2. The van der Waals surface area contributed by atoms with Gasteiger partial charge in [0.2, 0.25) is 17.6 Å². The summed E-state index contributed by atoms with van der Waals surface area (Å²) in [5, 5.41) is 12.8. The van der Waals surface area contributed by atoms with E-state index in [4.69, 9.17) is 16.1 Å². The predicted octanol–water partition coefficient (Wildman–Crippen LogP) is 3.19. The molecule has 140 valence electrons. The van der Waals surface area contributed by atoms with Crippen LogP contribution in [0.3, 0.4) is 0 Å². The number of hydrogen-bond acceptors (Lipinski definition) is 6. The number of carbonyl (C=O) groups is 1. The van der Waals surface area contributed by atoms with E-state index in [2.05, 4.69) is 20.5 Å². The molecule has 1 aliphatic heterocycles. The lowest BCUT2D eigenvalue weighted by atomic mass is 10.1. The molecule has 1 aliphatic rings. The highest BCUT2D eigenvalue weighted by atomic mass is 35.5. The first-order valence-corrected chi connectivity index (χ1v) is 9.15. The number of nitrogens with zero attached hydrogens (tertiary/aromatic N) is 6. The monoisotopic (exact) mass is 394 g/mol. The van der Waals surface area contributed by atoms with E-state index in [1.165, 1.54) is 0 Å². The van der Waals surface area contributed by atoms with Crippen LogP contribution < -0.4 is 4.90 Å². The molecule has 1 fully saturated rings. The molecule has 9 heteroatoms. The third-order valence-electron chi connectivity index (χ3n) is 4.90. The smallest absolute Gasteiger partial charge is 0.232 e. The second-order valence-electron chi connectivity index (χ2n) is 6.76. The van der Waals surface area contributed by atoms with Gasteiger partial charge < -0.3 is 9.42 Å². The average Bonchev–Trinajstić information content (AvgIpc) is 3.40. The van der Waals surface area contributed by atoms with Crippen LogP contribution in [0.2, 0.25) is 5.02 Å². The Kier molecular flexibility index (Phi) is 3.87. The summed E-state index contributed by atoms with van der Waals surface area (Å²) in [6.07, 6.45) is 0.317. The van der Waals surface area contributed by atoms with Gasteiger partial charge in [-0.1, -0.05) is 28.0 Å². The summed E-state index contributed by atoms with van der Waals surface area (Å²) < 4.78 is 7.17. The molecule has 1 amide bonds. The van der Waals surface area contributed by atoms with E-state index in [0.717, 1.165) is 22.3 Å². The Morgan fingerprint density at radius 2 is 2.11 bits per heavy atom. The van der Waals surface area contributed by atoms with Gasteiger partial charge in [0.1, 0.15) is 5.52 Å². The summed E-state index contributed by atoms with van der Waals surface area (Å²) >= 11 is 6.05. The third kappa shape index (κ3) is 2.82. The Hall–Kier alpha value is -3.26. The van der Waals surface area contributed by atoms with E-state index in [0.29, 0.717) is 29.7 Å². The van der Waals surface area contributed by atoms with Crippen LogP contribution in [0.5, 0.6) is 0 Å². The number of aromatic nitrogens is 5. The summed E-state index contributed by atoms with van der Waals surface area (Å²) in [5.74, 6) is 0.768. The zero-order chi connectivity index (χ0) is 19.3. The Morgan fingerprint density at radius 1 is 1.21 bits per heavy atom. The maximum absolute atomic E-state index is 12.5. The van der Waals surface area contributed by atoms with Crippen LogP contribution in [-0.2, 0) is 11.8 Å². The van der Waals surface area contributed by atoms with E-state index in [9.17, 15) is 4.79 Å². The van der Waals surface area contributed by atoms with Gasteiger partial charge in [0.25, 0.3) is 0 Å². The Morgan fingerprint density at radius 3 is 2.96 bits per heavy atom. The molecule has 28 heavy (non-hydrogen) atoms. The summed E-state index contributed by atoms with van der Waals surface area (Å²) in [5.41, 5.74) is 3.24. The van der Waals surface area contributed by atoms with E-state index in [1.54, 1.807) is 21.7 Å². The predicted molar refractivity (Wildman–Crippen MR) is 103 cm³/mol. The number of aryl methyl sites for hydroxylation is 1. The van der Waals surface area contributed by atoms with E-state index in [-0.39, 0.29) is 11.8 Å². The molecular weight excluding hydrogens is 380 g/mol. The minimum Gasteiger partial charge on any atom is -0.339 e. The largest absolute Gasteiger partial charge is 0.339 e. The molecule has 2 aromatic heterocycles. The second kappa shape index (κ2) is 6.42. The topological polar surface area (TPSA) is 89.9 Å². The van der Waals surface area contributed by atoms with E-state index in [1.807, 2.05) is 37.4 Å². The third-order valence-corrected chi connectivity index (χ3v) is 5.14. The fraction of sp³-hybridized carbons (Fsp3) is 0.211. The number of fused-ring (bicyclic) bond motifs is 1. The number of halogens is 1. The SMILES string of the molecule is Cn1nnc2cc(-c3noc([C@H]4CC(=O)N(c5cccc(Cl)c5)C4)n3)ccc21. The lowest BCUT2D eigenvalue weighted by Gasteiger charge is -2.16. The fourth-order valence-corrected chi connectivity index (χ4v) is 3.65. The highest BCUT2D eigenvalue weighted by Crippen LogP contribution is 2.33. The molecule has 0 saturated carbocycles. The van der Waals surface area contributed by atoms with Gasteiger partial charge in [0.15, 0.2) is 0 Å². The van der Waals surface area contributed by atoms with Crippen molar-refractivity contribution in [2.24, 2.45) is 7.05 Å². The zero-order valence-corrected chi connectivity index (χ0v) is 15.7. The maximum Gasteiger partial charge on any atom is 0.232 e.